The van der Waals surface area contributed by atoms with E-state index in [1.165, 1.54) is 0 Å². The molecule has 0 aliphatic carbocycles. The maximum Gasteiger partial charge on any atom is 0.303 e. The van der Waals surface area contributed by atoms with E-state index in [1.54, 1.807) is 0 Å². The van der Waals surface area contributed by atoms with E-state index in [-0.39, 0.29) is 43.4 Å². The number of nitrogens with one attached hydrogen (secondary N) is 3. The SMILES string of the molecule is C/C=C1\C(=C\c2[nH]c(/C=c3/[nH]/c(=[13CH]/C4=NC(=O)C(CC)=C4C)c(C)c3CCC(=O)O)c(CCC(=O)O)c2C)NC(=O)C1C. The van der Waals surface area contributed by atoms with Crippen LogP contribution in [0.25, 0.3) is 18.2 Å². The molecule has 2 aromatic heterocycles. The van der Waals surface area contributed by atoms with Crippen LogP contribution in [-0.2, 0) is 32.0 Å². The molecule has 1 saturated heterocycles. The number of hydrogen-bond acceptors (Lipinski definition) is 4. The molecule has 2 amide bonds. The number of aromatic amines is 2. The van der Waals surface area contributed by atoms with Crippen molar-refractivity contribution in [3.8, 4) is 0 Å². The second-order valence-corrected chi connectivity index (χ2v) is 11.0. The molecule has 2 aliphatic heterocycles. The maximum atomic E-state index is 12.3. The van der Waals surface area contributed by atoms with Crippen LogP contribution < -0.4 is 16.0 Å². The van der Waals surface area contributed by atoms with Crippen molar-refractivity contribution in [2.24, 2.45) is 10.9 Å². The van der Waals surface area contributed by atoms with Gasteiger partial charge in [0.05, 0.1) is 11.6 Å². The average Bonchev–Trinajstić information content (AvgIpc) is 3.59. The first-order chi connectivity index (χ1) is 20.4. The van der Waals surface area contributed by atoms with Gasteiger partial charge in [0.15, 0.2) is 0 Å². The average molecular weight is 588 g/mol. The van der Waals surface area contributed by atoms with E-state index in [2.05, 4.69) is 20.3 Å². The smallest absolute Gasteiger partial charge is 0.303 e. The predicted octanol–water partition coefficient (Wildman–Crippen LogP) is 3.36. The van der Waals surface area contributed by atoms with Crippen LogP contribution >= 0.6 is 0 Å². The monoisotopic (exact) mass is 587 g/mol. The van der Waals surface area contributed by atoms with E-state index in [9.17, 15) is 29.4 Å². The molecule has 0 aromatic carbocycles. The summed E-state index contributed by atoms with van der Waals surface area (Å²) < 4.78 is 0. The topological polar surface area (TPSA) is 165 Å². The minimum absolute atomic E-state index is 0.0721. The molecule has 0 bridgehead atoms. The predicted molar refractivity (Wildman–Crippen MR) is 165 cm³/mol. The number of rotatable bonds is 10. The number of carbonyl (C=O) groups is 4. The summed E-state index contributed by atoms with van der Waals surface area (Å²) in [4.78, 5) is 58.8. The van der Waals surface area contributed by atoms with Crippen LogP contribution in [0.1, 0.15) is 80.6 Å². The van der Waals surface area contributed by atoms with Gasteiger partial charge in [0, 0.05) is 46.2 Å². The minimum atomic E-state index is -0.923. The van der Waals surface area contributed by atoms with E-state index >= 15 is 0 Å². The highest BCUT2D eigenvalue weighted by Gasteiger charge is 2.29. The van der Waals surface area contributed by atoms with Crippen LogP contribution in [0.3, 0.4) is 0 Å². The van der Waals surface area contributed by atoms with Gasteiger partial charge < -0.3 is 25.5 Å². The van der Waals surface area contributed by atoms with Gasteiger partial charge in [-0.05, 0) is 106 Å². The summed E-state index contributed by atoms with van der Waals surface area (Å²) in [5.74, 6) is -2.44. The molecule has 1 atom stereocenters. The summed E-state index contributed by atoms with van der Waals surface area (Å²) in [6.07, 6.45) is 8.45. The van der Waals surface area contributed by atoms with Crippen LogP contribution in [0.2, 0.25) is 0 Å². The maximum absolute atomic E-state index is 12.3. The lowest BCUT2D eigenvalue weighted by Crippen LogP contribution is -2.16. The number of amides is 2. The van der Waals surface area contributed by atoms with Crippen molar-refractivity contribution in [2.75, 3.05) is 0 Å². The molecular formula is C33H38N4O6. The fourth-order valence-corrected chi connectivity index (χ4v) is 5.77. The molecule has 43 heavy (non-hydrogen) atoms. The number of carboxylic acids is 2. The number of hydrogen-bond donors (Lipinski definition) is 5. The summed E-state index contributed by atoms with van der Waals surface area (Å²) in [6.45, 7) is 11.3. The number of H-pyrrole nitrogens is 2. The van der Waals surface area contributed by atoms with Gasteiger partial charge in [0.25, 0.3) is 5.91 Å². The zero-order chi connectivity index (χ0) is 31.6. The summed E-state index contributed by atoms with van der Waals surface area (Å²) in [7, 11) is 0. The molecule has 10 heteroatoms. The Morgan fingerprint density at radius 1 is 0.884 bits per heavy atom. The Bertz CT molecular complexity index is 1780. The molecule has 5 N–H and O–H groups in total. The number of aliphatic imine (C=N–C) groups is 1. The largest absolute Gasteiger partial charge is 0.481 e. The van der Waals surface area contributed by atoms with Crippen molar-refractivity contribution in [3.63, 3.8) is 0 Å². The van der Waals surface area contributed by atoms with Crippen molar-refractivity contribution in [3.05, 3.63) is 72.8 Å². The standard InChI is InChI=1S/C33H38N4O6/c1-7-20-19(6)32(42)37-27(20)14-25-18(5)23(10-12-31(40)41)29(35-25)15-28-22(9-11-30(38)39)17(4)24(34-28)13-26-16(3)21(8-2)33(43)36-26/h7,13-15,19,34-35H,8-12H2,1-6H3,(H,37,42)(H,38,39)(H,40,41)/b20-7-,24-13+,27-14-,28-15+/i13+1. The van der Waals surface area contributed by atoms with Gasteiger partial charge >= 0.3 is 11.9 Å². The summed E-state index contributed by atoms with van der Waals surface area (Å²) >= 11 is 0. The Hall–Kier alpha value is -4.73. The normalized spacial score (nSPS) is 19.8. The Labute approximate surface area is 249 Å². The Kier molecular flexibility index (Phi) is 9.18. The van der Waals surface area contributed by atoms with Gasteiger partial charge in [0.2, 0.25) is 5.91 Å². The van der Waals surface area contributed by atoms with Crippen LogP contribution in [0, 0.1) is 19.8 Å². The summed E-state index contributed by atoms with van der Waals surface area (Å²) in [6, 6.07) is 0. The molecule has 4 rings (SSSR count). The molecule has 2 aliphatic rings. The number of aromatic nitrogens is 2. The highest BCUT2D eigenvalue weighted by Crippen LogP contribution is 2.29. The van der Waals surface area contributed by atoms with Crippen LogP contribution in [-0.4, -0.2) is 49.6 Å². The van der Waals surface area contributed by atoms with E-state index in [4.69, 9.17) is 0 Å². The van der Waals surface area contributed by atoms with Gasteiger partial charge in [-0.15, -0.1) is 0 Å². The fraction of sp³-hybridized carbons (Fsp3) is 0.364. The number of nitrogens with zero attached hydrogens (tertiary/aromatic N) is 1. The molecule has 4 heterocycles. The third-order valence-electron chi connectivity index (χ3n) is 8.35. The zero-order valence-corrected chi connectivity index (χ0v) is 25.4. The van der Waals surface area contributed by atoms with Crippen LogP contribution in [0.5, 0.6) is 0 Å². The zero-order valence-electron chi connectivity index (χ0n) is 25.4. The quantitative estimate of drug-likeness (QED) is 0.268. The van der Waals surface area contributed by atoms with Crippen molar-refractivity contribution in [1.82, 2.24) is 15.3 Å². The Morgan fingerprint density at radius 2 is 1.53 bits per heavy atom. The first kappa shape index (κ1) is 31.2. The summed E-state index contributed by atoms with van der Waals surface area (Å²) in [5.41, 5.74) is 8.40. The Morgan fingerprint density at radius 3 is 2.12 bits per heavy atom. The molecule has 226 valence electrons. The van der Waals surface area contributed by atoms with Gasteiger partial charge in [0.1, 0.15) is 0 Å². The highest BCUT2D eigenvalue weighted by atomic mass is 16.4. The van der Waals surface area contributed by atoms with Gasteiger partial charge in [-0.1, -0.05) is 13.0 Å². The lowest BCUT2D eigenvalue weighted by molar-refractivity contribution is -0.138. The van der Waals surface area contributed by atoms with Crippen molar-refractivity contribution < 1.29 is 29.4 Å². The first-order valence-corrected chi connectivity index (χ1v) is 14.4. The second kappa shape index (κ2) is 12.6. The molecule has 10 nitrogen and oxygen atoms in total. The molecule has 0 radical (unpaired) electrons. The number of carbonyl (C=O) groups excluding carboxylic acids is 2. The first-order valence-electron chi connectivity index (χ1n) is 14.4. The molecule has 0 spiro atoms. The van der Waals surface area contributed by atoms with Gasteiger partial charge in [-0.3, -0.25) is 19.2 Å². The second-order valence-electron chi connectivity index (χ2n) is 11.0. The minimum Gasteiger partial charge on any atom is -0.481 e. The number of carboxylic acid groups (broad SMARTS) is 2. The van der Waals surface area contributed by atoms with E-state index < -0.39 is 11.9 Å². The Balaban J connectivity index is 1.91. The van der Waals surface area contributed by atoms with Crippen LogP contribution in [0.15, 0.2) is 33.5 Å². The number of allylic oxidation sites excluding steroid dienone is 3. The van der Waals surface area contributed by atoms with Gasteiger partial charge in [-0.25, -0.2) is 4.99 Å². The molecule has 1 fully saturated rings. The molecule has 1 unspecified atom stereocenters. The van der Waals surface area contributed by atoms with Crippen molar-refractivity contribution in [1.29, 1.82) is 0 Å². The summed E-state index contributed by atoms with van der Waals surface area (Å²) in [5, 5.41) is 23.2. The fourth-order valence-electron chi connectivity index (χ4n) is 5.77. The molecule has 0 saturated carbocycles. The van der Waals surface area contributed by atoms with Crippen molar-refractivity contribution in [2.45, 2.75) is 73.6 Å². The molecule has 2 aromatic rings. The number of aliphatic carboxylic acids is 2. The lowest BCUT2D eigenvalue weighted by Gasteiger charge is -2.03. The van der Waals surface area contributed by atoms with Gasteiger partial charge in [-0.2, -0.15) is 0 Å². The highest BCUT2D eigenvalue weighted by molar-refractivity contribution is 6.30. The van der Waals surface area contributed by atoms with E-state index in [0.717, 1.165) is 39.1 Å². The van der Waals surface area contributed by atoms with E-state index in [1.807, 2.05) is 65.8 Å². The van der Waals surface area contributed by atoms with Crippen LogP contribution in [0.4, 0.5) is 0 Å². The molecular weight excluding hydrogens is 549 g/mol. The van der Waals surface area contributed by atoms with E-state index in [0.29, 0.717) is 39.8 Å². The third-order valence-corrected chi connectivity index (χ3v) is 8.35. The van der Waals surface area contributed by atoms with Crippen molar-refractivity contribution >= 4 is 47.7 Å². The lowest BCUT2D eigenvalue weighted by atomic mass is 10.0. The third kappa shape index (κ3) is 6.38.